The highest BCUT2D eigenvalue weighted by Crippen LogP contribution is 2.16. The van der Waals surface area contributed by atoms with Crippen molar-refractivity contribution in [1.29, 1.82) is 0 Å². The highest BCUT2D eigenvalue weighted by molar-refractivity contribution is 7.99. The number of carboxylic acids is 1. The maximum absolute atomic E-state index is 12.1. The van der Waals surface area contributed by atoms with Crippen molar-refractivity contribution in [1.82, 2.24) is 10.2 Å². The minimum Gasteiger partial charge on any atom is -0.480 e. The smallest absolute Gasteiger partial charge is 0.326 e. The van der Waals surface area contributed by atoms with Gasteiger partial charge in [0, 0.05) is 24.1 Å². The molecule has 2 amide bonds. The Kier molecular flexibility index (Phi) is 5.78. The van der Waals surface area contributed by atoms with Crippen LogP contribution in [0.1, 0.15) is 27.2 Å². The number of carboxylic acid groups (broad SMARTS) is 1. The fraction of sp³-hybridized carbons (Fsp3) is 0.833. The molecule has 1 aliphatic heterocycles. The lowest BCUT2D eigenvalue weighted by Crippen LogP contribution is -2.54. The molecule has 0 aromatic rings. The first-order valence-electron chi connectivity index (χ1n) is 6.35. The van der Waals surface area contributed by atoms with Crippen LogP contribution < -0.4 is 5.32 Å². The van der Waals surface area contributed by atoms with Gasteiger partial charge in [0.1, 0.15) is 6.04 Å². The molecule has 1 aliphatic rings. The first kappa shape index (κ1) is 15.1. The standard InChI is InChI=1S/C12H22N2O3S/c1-4-8(2)10(11(15)16)13-12(17)14-5-6-18-7-9(14)3/h8-10H,4-7H2,1-3H3,(H,13,17)(H,15,16)/t8?,9?,10-/m0/s1. The predicted molar refractivity (Wildman–Crippen MR) is 72.9 cm³/mol. The van der Waals surface area contributed by atoms with Crippen molar-refractivity contribution in [3.05, 3.63) is 0 Å². The van der Waals surface area contributed by atoms with E-state index in [0.29, 0.717) is 6.54 Å². The molecule has 18 heavy (non-hydrogen) atoms. The fourth-order valence-corrected chi connectivity index (χ4v) is 2.94. The topological polar surface area (TPSA) is 69.6 Å². The van der Waals surface area contributed by atoms with E-state index in [0.717, 1.165) is 17.9 Å². The average Bonchev–Trinajstić information content (AvgIpc) is 2.35. The van der Waals surface area contributed by atoms with Gasteiger partial charge in [0.25, 0.3) is 0 Å². The molecule has 0 aliphatic carbocycles. The monoisotopic (exact) mass is 274 g/mol. The number of thioether (sulfide) groups is 1. The molecule has 6 heteroatoms. The van der Waals surface area contributed by atoms with E-state index in [1.165, 1.54) is 0 Å². The SMILES string of the molecule is CCC(C)[C@H](NC(=O)N1CCSCC1C)C(=O)O. The van der Waals surface area contributed by atoms with Gasteiger partial charge in [0.2, 0.25) is 0 Å². The van der Waals surface area contributed by atoms with E-state index in [1.54, 1.807) is 4.90 Å². The molecule has 1 fully saturated rings. The largest absolute Gasteiger partial charge is 0.480 e. The lowest BCUT2D eigenvalue weighted by Gasteiger charge is -2.34. The van der Waals surface area contributed by atoms with Crippen molar-refractivity contribution in [2.45, 2.75) is 39.3 Å². The summed E-state index contributed by atoms with van der Waals surface area (Å²) in [4.78, 5) is 25.0. The Bertz CT molecular complexity index is 312. The number of aliphatic carboxylic acids is 1. The van der Waals surface area contributed by atoms with E-state index in [-0.39, 0.29) is 18.0 Å². The third kappa shape index (κ3) is 3.80. The van der Waals surface area contributed by atoms with Crippen LogP contribution in [0.25, 0.3) is 0 Å². The lowest BCUT2D eigenvalue weighted by molar-refractivity contribution is -0.140. The Morgan fingerprint density at radius 3 is 2.72 bits per heavy atom. The minimum absolute atomic E-state index is 0.0686. The average molecular weight is 274 g/mol. The van der Waals surface area contributed by atoms with Gasteiger partial charge in [-0.15, -0.1) is 0 Å². The van der Waals surface area contributed by atoms with Crippen molar-refractivity contribution in [2.75, 3.05) is 18.1 Å². The molecule has 0 spiro atoms. The molecule has 1 saturated heterocycles. The zero-order valence-corrected chi connectivity index (χ0v) is 12.0. The van der Waals surface area contributed by atoms with Crippen LogP contribution in [0.3, 0.4) is 0 Å². The Labute approximate surface area is 112 Å². The van der Waals surface area contributed by atoms with Gasteiger partial charge < -0.3 is 15.3 Å². The van der Waals surface area contributed by atoms with Crippen LogP contribution in [0.15, 0.2) is 0 Å². The number of nitrogens with one attached hydrogen (secondary N) is 1. The van der Waals surface area contributed by atoms with Gasteiger partial charge in [-0.05, 0) is 12.8 Å². The van der Waals surface area contributed by atoms with E-state index in [2.05, 4.69) is 5.32 Å². The molecule has 5 nitrogen and oxygen atoms in total. The van der Waals surface area contributed by atoms with Gasteiger partial charge in [-0.3, -0.25) is 0 Å². The summed E-state index contributed by atoms with van der Waals surface area (Å²) in [6.07, 6.45) is 0.725. The maximum atomic E-state index is 12.1. The zero-order valence-electron chi connectivity index (χ0n) is 11.2. The van der Waals surface area contributed by atoms with Crippen molar-refractivity contribution in [2.24, 2.45) is 5.92 Å². The van der Waals surface area contributed by atoms with Gasteiger partial charge in [0.05, 0.1) is 0 Å². The van der Waals surface area contributed by atoms with Gasteiger partial charge in [-0.1, -0.05) is 20.3 Å². The Morgan fingerprint density at radius 2 is 2.22 bits per heavy atom. The zero-order chi connectivity index (χ0) is 13.7. The third-order valence-electron chi connectivity index (χ3n) is 3.39. The van der Waals surface area contributed by atoms with E-state index in [9.17, 15) is 9.59 Å². The van der Waals surface area contributed by atoms with Crippen molar-refractivity contribution in [3.8, 4) is 0 Å². The number of nitrogens with zero attached hydrogens (tertiary/aromatic N) is 1. The first-order valence-corrected chi connectivity index (χ1v) is 7.50. The van der Waals surface area contributed by atoms with E-state index >= 15 is 0 Å². The fourth-order valence-electron chi connectivity index (χ4n) is 1.93. The molecule has 104 valence electrons. The molecule has 2 N–H and O–H groups in total. The maximum Gasteiger partial charge on any atom is 0.326 e. The van der Waals surface area contributed by atoms with Crippen LogP contribution in [0, 0.1) is 5.92 Å². The summed E-state index contributed by atoms with van der Waals surface area (Å²) < 4.78 is 0. The van der Waals surface area contributed by atoms with Crippen LogP contribution in [-0.4, -0.2) is 52.1 Å². The highest BCUT2D eigenvalue weighted by Gasteiger charge is 2.30. The minimum atomic E-state index is -0.961. The van der Waals surface area contributed by atoms with E-state index < -0.39 is 12.0 Å². The van der Waals surface area contributed by atoms with Gasteiger partial charge in [-0.2, -0.15) is 11.8 Å². The van der Waals surface area contributed by atoms with Crippen LogP contribution >= 0.6 is 11.8 Å². The van der Waals surface area contributed by atoms with Crippen molar-refractivity contribution < 1.29 is 14.7 Å². The van der Waals surface area contributed by atoms with Gasteiger partial charge >= 0.3 is 12.0 Å². The second kappa shape index (κ2) is 6.87. The highest BCUT2D eigenvalue weighted by atomic mass is 32.2. The van der Waals surface area contributed by atoms with Gasteiger partial charge in [0.15, 0.2) is 0 Å². The molecule has 3 atom stereocenters. The summed E-state index contributed by atoms with van der Waals surface area (Å²) >= 11 is 1.82. The molecule has 1 rings (SSSR count). The Balaban J connectivity index is 2.63. The summed E-state index contributed by atoms with van der Waals surface area (Å²) in [6, 6.07) is -0.894. The lowest BCUT2D eigenvalue weighted by atomic mass is 9.99. The number of rotatable bonds is 4. The van der Waals surface area contributed by atoms with Crippen LogP contribution in [0.5, 0.6) is 0 Å². The number of amides is 2. The molecule has 1 heterocycles. The van der Waals surface area contributed by atoms with Crippen LogP contribution in [0.4, 0.5) is 4.79 Å². The summed E-state index contributed by atoms with van der Waals surface area (Å²) in [5.74, 6) is 0.797. The molecule has 0 radical (unpaired) electrons. The molecular formula is C12H22N2O3S. The number of urea groups is 1. The molecule has 0 aromatic heterocycles. The molecule has 0 bridgehead atoms. The van der Waals surface area contributed by atoms with Crippen molar-refractivity contribution >= 4 is 23.8 Å². The predicted octanol–water partition coefficient (Wildman–Crippen LogP) is 1.63. The Hall–Kier alpha value is -0.910. The summed E-state index contributed by atoms with van der Waals surface area (Å²) in [5, 5.41) is 11.8. The van der Waals surface area contributed by atoms with E-state index in [4.69, 9.17) is 5.11 Å². The summed E-state index contributed by atoms with van der Waals surface area (Å²) in [7, 11) is 0. The Morgan fingerprint density at radius 1 is 1.56 bits per heavy atom. The van der Waals surface area contributed by atoms with Gasteiger partial charge in [-0.25, -0.2) is 9.59 Å². The molecular weight excluding hydrogens is 252 g/mol. The number of carbonyl (C=O) groups is 2. The molecule has 2 unspecified atom stereocenters. The quantitative estimate of drug-likeness (QED) is 0.817. The van der Waals surface area contributed by atoms with E-state index in [1.807, 2.05) is 32.5 Å². The number of hydrogen-bond acceptors (Lipinski definition) is 3. The molecule has 0 saturated carbocycles. The summed E-state index contributed by atoms with van der Waals surface area (Å²) in [6.45, 7) is 6.44. The first-order chi connectivity index (χ1) is 8.47. The summed E-state index contributed by atoms with van der Waals surface area (Å²) in [5.41, 5.74) is 0. The molecule has 0 aromatic carbocycles. The second-order valence-corrected chi connectivity index (χ2v) is 5.92. The van der Waals surface area contributed by atoms with Crippen molar-refractivity contribution in [3.63, 3.8) is 0 Å². The number of hydrogen-bond donors (Lipinski definition) is 2. The number of carbonyl (C=O) groups excluding carboxylic acids is 1. The van der Waals surface area contributed by atoms with Crippen LogP contribution in [-0.2, 0) is 4.79 Å². The second-order valence-electron chi connectivity index (χ2n) is 4.77. The van der Waals surface area contributed by atoms with Crippen LogP contribution in [0.2, 0.25) is 0 Å². The normalized spacial score (nSPS) is 23.3. The third-order valence-corrected chi connectivity index (χ3v) is 4.58.